The van der Waals surface area contributed by atoms with Crippen LogP contribution in [0.4, 0.5) is 0 Å². The van der Waals surface area contributed by atoms with Crippen LogP contribution < -0.4 is 5.32 Å². The minimum Gasteiger partial charge on any atom is -0.389 e. The van der Waals surface area contributed by atoms with E-state index in [0.717, 1.165) is 0 Å². The predicted octanol–water partition coefficient (Wildman–Crippen LogP) is -0.977. The molecule has 5 nitrogen and oxygen atoms in total. The number of aliphatic hydroxyl groups is 2. The van der Waals surface area contributed by atoms with E-state index in [1.165, 1.54) is 6.20 Å². The minimum atomic E-state index is -0.879. The van der Waals surface area contributed by atoms with Gasteiger partial charge in [0, 0.05) is 18.3 Å². The number of H-pyrrole nitrogens is 1. The summed E-state index contributed by atoms with van der Waals surface area (Å²) < 4.78 is 0. The van der Waals surface area contributed by atoms with Crippen molar-refractivity contribution in [1.29, 1.82) is 0 Å². The van der Waals surface area contributed by atoms with Gasteiger partial charge in [-0.15, -0.1) is 0 Å². The Morgan fingerprint density at radius 2 is 2.42 bits per heavy atom. The lowest BCUT2D eigenvalue weighted by Crippen LogP contribution is -2.29. The highest BCUT2D eigenvalue weighted by atomic mass is 16.3. The Kier molecular flexibility index (Phi) is 3.21. The van der Waals surface area contributed by atoms with Gasteiger partial charge < -0.3 is 15.5 Å². The molecule has 4 N–H and O–H groups in total. The van der Waals surface area contributed by atoms with Crippen LogP contribution in [0.15, 0.2) is 12.4 Å². The van der Waals surface area contributed by atoms with Crippen LogP contribution in [0, 0.1) is 0 Å². The minimum absolute atomic E-state index is 0.354. The van der Waals surface area contributed by atoms with Crippen molar-refractivity contribution in [1.82, 2.24) is 15.5 Å². The molecular formula is C7H13N3O2. The molecule has 0 aromatic carbocycles. The van der Waals surface area contributed by atoms with E-state index in [0.29, 0.717) is 12.1 Å². The van der Waals surface area contributed by atoms with Crippen LogP contribution in [0.3, 0.4) is 0 Å². The quantitative estimate of drug-likeness (QED) is 0.469. The number of nitrogens with zero attached hydrogens (tertiary/aromatic N) is 1. The zero-order valence-corrected chi connectivity index (χ0v) is 6.86. The summed E-state index contributed by atoms with van der Waals surface area (Å²) >= 11 is 0. The number of rotatable bonds is 4. The van der Waals surface area contributed by atoms with Gasteiger partial charge in [0.2, 0.25) is 0 Å². The number of aliphatic hydroxyl groups excluding tert-OH is 2. The van der Waals surface area contributed by atoms with Gasteiger partial charge in [-0.05, 0) is 7.05 Å². The van der Waals surface area contributed by atoms with Crippen molar-refractivity contribution in [3.05, 3.63) is 18.0 Å². The molecular weight excluding hydrogens is 158 g/mol. The highest BCUT2D eigenvalue weighted by molar-refractivity contribution is 5.08. The van der Waals surface area contributed by atoms with Gasteiger partial charge in [0.15, 0.2) is 0 Å². The smallest absolute Gasteiger partial charge is 0.109 e. The number of hydrogen-bond acceptors (Lipinski definition) is 4. The van der Waals surface area contributed by atoms with Gasteiger partial charge >= 0.3 is 0 Å². The summed E-state index contributed by atoms with van der Waals surface area (Å²) in [6.45, 7) is 0.354. The van der Waals surface area contributed by atoms with E-state index in [4.69, 9.17) is 0 Å². The molecule has 0 aliphatic carbocycles. The first kappa shape index (κ1) is 9.18. The third kappa shape index (κ3) is 2.04. The fraction of sp³-hybridized carbons (Fsp3) is 0.571. The normalized spacial score (nSPS) is 15.9. The first-order chi connectivity index (χ1) is 5.75. The largest absolute Gasteiger partial charge is 0.389 e. The number of aromatic nitrogens is 2. The summed E-state index contributed by atoms with van der Waals surface area (Å²) in [7, 11) is 1.71. The van der Waals surface area contributed by atoms with Gasteiger partial charge in [0.25, 0.3) is 0 Å². The standard InChI is InChI=1S/C7H13N3O2/c1-8-4-6(11)7(12)5-2-9-10-3-5/h2-3,6-8,11-12H,4H2,1H3,(H,9,10). The Hall–Kier alpha value is -0.910. The van der Waals surface area contributed by atoms with E-state index in [2.05, 4.69) is 15.5 Å². The molecule has 1 aromatic heterocycles. The Morgan fingerprint density at radius 3 is 2.92 bits per heavy atom. The molecule has 1 rings (SSSR count). The Labute approximate surface area is 70.4 Å². The van der Waals surface area contributed by atoms with Crippen LogP contribution in [0.25, 0.3) is 0 Å². The zero-order valence-electron chi connectivity index (χ0n) is 6.86. The van der Waals surface area contributed by atoms with Crippen molar-refractivity contribution >= 4 is 0 Å². The van der Waals surface area contributed by atoms with Crippen LogP contribution in [-0.4, -0.2) is 40.1 Å². The molecule has 2 atom stereocenters. The maximum Gasteiger partial charge on any atom is 0.109 e. The van der Waals surface area contributed by atoms with Gasteiger partial charge in [0.05, 0.1) is 12.3 Å². The van der Waals surface area contributed by atoms with E-state index in [1.54, 1.807) is 13.2 Å². The lowest BCUT2D eigenvalue weighted by molar-refractivity contribution is 0.0202. The average molecular weight is 171 g/mol. The molecule has 0 amide bonds. The van der Waals surface area contributed by atoms with Gasteiger partial charge in [0.1, 0.15) is 6.10 Å². The van der Waals surface area contributed by atoms with Gasteiger partial charge in [-0.1, -0.05) is 0 Å². The lowest BCUT2D eigenvalue weighted by Gasteiger charge is -2.15. The number of hydrogen-bond donors (Lipinski definition) is 4. The molecule has 0 aliphatic rings. The van der Waals surface area contributed by atoms with E-state index < -0.39 is 12.2 Å². The topological polar surface area (TPSA) is 81.2 Å². The van der Waals surface area contributed by atoms with Crippen LogP contribution >= 0.6 is 0 Å². The van der Waals surface area contributed by atoms with Crippen LogP contribution in [-0.2, 0) is 0 Å². The van der Waals surface area contributed by atoms with Gasteiger partial charge in [-0.3, -0.25) is 5.10 Å². The molecule has 68 valence electrons. The molecule has 2 unspecified atom stereocenters. The third-order valence-electron chi connectivity index (χ3n) is 1.64. The molecule has 0 spiro atoms. The van der Waals surface area contributed by atoms with Crippen molar-refractivity contribution < 1.29 is 10.2 Å². The van der Waals surface area contributed by atoms with Crippen molar-refractivity contribution in [2.45, 2.75) is 12.2 Å². The SMILES string of the molecule is CNCC(O)C(O)c1cn[nH]c1. The van der Waals surface area contributed by atoms with Crippen molar-refractivity contribution in [2.75, 3.05) is 13.6 Å². The second-order valence-corrected chi connectivity index (χ2v) is 2.60. The summed E-state index contributed by atoms with van der Waals surface area (Å²) in [4.78, 5) is 0. The molecule has 0 fully saturated rings. The van der Waals surface area contributed by atoms with E-state index in [9.17, 15) is 10.2 Å². The Morgan fingerprint density at radius 1 is 1.67 bits per heavy atom. The molecule has 5 heteroatoms. The fourth-order valence-corrected chi connectivity index (χ4v) is 0.966. The van der Waals surface area contributed by atoms with Crippen molar-refractivity contribution in [3.8, 4) is 0 Å². The highest BCUT2D eigenvalue weighted by Gasteiger charge is 2.17. The van der Waals surface area contributed by atoms with Crippen molar-refractivity contribution in [3.63, 3.8) is 0 Å². The Bertz CT molecular complexity index is 212. The maximum atomic E-state index is 9.46. The van der Waals surface area contributed by atoms with Crippen LogP contribution in [0.1, 0.15) is 11.7 Å². The number of nitrogens with one attached hydrogen (secondary N) is 2. The molecule has 0 aliphatic heterocycles. The van der Waals surface area contributed by atoms with Gasteiger partial charge in [-0.25, -0.2) is 0 Å². The zero-order chi connectivity index (χ0) is 8.97. The molecule has 1 heterocycles. The van der Waals surface area contributed by atoms with E-state index >= 15 is 0 Å². The summed E-state index contributed by atoms with van der Waals surface area (Å²) in [6.07, 6.45) is 1.37. The number of aromatic amines is 1. The van der Waals surface area contributed by atoms with E-state index in [1.807, 2.05) is 0 Å². The first-order valence-electron chi connectivity index (χ1n) is 3.75. The summed E-state index contributed by atoms with van der Waals surface area (Å²) in [5.41, 5.74) is 0.595. The predicted molar refractivity (Wildman–Crippen MR) is 43.5 cm³/mol. The third-order valence-corrected chi connectivity index (χ3v) is 1.64. The second-order valence-electron chi connectivity index (χ2n) is 2.60. The lowest BCUT2D eigenvalue weighted by atomic mass is 10.1. The summed E-state index contributed by atoms with van der Waals surface area (Å²) in [5, 5.41) is 27.8. The fourth-order valence-electron chi connectivity index (χ4n) is 0.966. The summed E-state index contributed by atoms with van der Waals surface area (Å²) in [5.74, 6) is 0. The second kappa shape index (κ2) is 4.20. The van der Waals surface area contributed by atoms with Crippen LogP contribution in [0.2, 0.25) is 0 Å². The van der Waals surface area contributed by atoms with Crippen molar-refractivity contribution in [2.24, 2.45) is 0 Å². The molecule has 0 saturated heterocycles. The summed E-state index contributed by atoms with van der Waals surface area (Å²) in [6, 6.07) is 0. The highest BCUT2D eigenvalue weighted by Crippen LogP contribution is 2.13. The molecule has 1 aromatic rings. The monoisotopic (exact) mass is 171 g/mol. The molecule has 0 radical (unpaired) electrons. The average Bonchev–Trinajstić information content (AvgIpc) is 2.55. The first-order valence-corrected chi connectivity index (χ1v) is 3.75. The maximum absolute atomic E-state index is 9.46. The Balaban J connectivity index is 2.53. The molecule has 12 heavy (non-hydrogen) atoms. The van der Waals surface area contributed by atoms with Crippen LogP contribution in [0.5, 0.6) is 0 Å². The molecule has 0 saturated carbocycles. The van der Waals surface area contributed by atoms with E-state index in [-0.39, 0.29) is 0 Å². The van der Waals surface area contributed by atoms with Gasteiger partial charge in [-0.2, -0.15) is 5.10 Å². The molecule has 0 bridgehead atoms. The number of likely N-dealkylation sites (N-methyl/N-ethyl adjacent to an activating group) is 1.